The number of halogens is 2. The molecule has 0 atom stereocenters. The van der Waals surface area contributed by atoms with E-state index in [0.29, 0.717) is 22.4 Å². The van der Waals surface area contributed by atoms with E-state index in [2.05, 4.69) is 88.7 Å². The molecule has 4 aliphatic carbocycles. The van der Waals surface area contributed by atoms with Crippen molar-refractivity contribution in [1.82, 2.24) is 19.6 Å². The number of nitrogens with zero attached hydrogens (tertiary/aromatic N) is 8. The number of rotatable bonds is 6. The summed E-state index contributed by atoms with van der Waals surface area (Å²) in [5.41, 5.74) is -0.229. The Hall–Kier alpha value is -1.40. The maximum absolute atomic E-state index is 12.1. The quantitative estimate of drug-likeness (QED) is 0.0925. The molecule has 58 heavy (non-hydrogen) atoms. The number of benzene rings is 2. The van der Waals surface area contributed by atoms with Crippen molar-refractivity contribution in [3.63, 3.8) is 0 Å². The van der Waals surface area contributed by atoms with Crippen molar-refractivity contribution in [3.05, 3.63) is 197 Å². The van der Waals surface area contributed by atoms with Crippen LogP contribution in [0, 0.1) is 127 Å². The maximum atomic E-state index is 12.1. The molecule has 0 unspecified atom stereocenters. The number of hydrogen-bond donors (Lipinski definition) is 0. The van der Waals surface area contributed by atoms with Crippen LogP contribution in [0.4, 0.5) is 11.6 Å². The van der Waals surface area contributed by atoms with Crippen LogP contribution >= 0.6 is 19.1 Å². The SMILES string of the molecule is CN(/N=C/[C]1[C-][CH][CH][CH]1)c1nn(C)c(=O)c2ccccc12.CN(/N=C/[C]1[C-][CH][CH][CH]1)c1nn(C)c(=O)c2ccccc12.[CH]1[CH][CH][CH][CH]1.[CH]1[CH][CH][CH][CH]1.[Cl][Pd+].[Cl][Pd+].[Fe+2].[Fe+2]. The largest absolute Gasteiger partial charge is 2.00 e. The van der Waals surface area contributed by atoms with Gasteiger partial charge in [0.2, 0.25) is 0 Å². The first-order valence-corrected chi connectivity index (χ1v) is 20.7. The first-order chi connectivity index (χ1) is 27.3. The molecule has 0 saturated heterocycles. The van der Waals surface area contributed by atoms with Crippen molar-refractivity contribution in [2.24, 2.45) is 24.3 Å². The zero-order valence-corrected chi connectivity index (χ0v) is 38.3. The average molecular weight is 1080 g/mol. The monoisotopic (exact) mass is 1080 g/mol. The average Bonchev–Trinajstić information content (AvgIpc) is 4.11. The number of hydrazone groups is 2. The summed E-state index contributed by atoms with van der Waals surface area (Å²) < 4.78 is 2.66. The first-order valence-electron chi connectivity index (χ1n) is 16.6. The summed E-state index contributed by atoms with van der Waals surface area (Å²) in [6, 6.07) is 14.8. The molecule has 0 N–H and O–H groups in total. The normalized spacial score (nSPS) is 16.0. The molecule has 20 radical (unpaired) electrons. The fourth-order valence-corrected chi connectivity index (χ4v) is 4.94. The van der Waals surface area contributed by atoms with Gasteiger partial charge >= 0.3 is 89.6 Å². The number of aromatic nitrogens is 4. The van der Waals surface area contributed by atoms with Gasteiger partial charge in [0.15, 0.2) is 11.6 Å². The summed E-state index contributed by atoms with van der Waals surface area (Å²) in [7, 11) is 15.9. The van der Waals surface area contributed by atoms with Gasteiger partial charge in [-0.3, -0.25) is 9.59 Å². The van der Waals surface area contributed by atoms with E-state index >= 15 is 0 Å². The minimum atomic E-state index is -0.115. The Bertz CT molecular complexity index is 1760. The molecule has 304 valence electrons. The molecule has 4 fully saturated rings. The fourth-order valence-electron chi connectivity index (χ4n) is 4.94. The molecule has 10 nitrogen and oxygen atoms in total. The van der Waals surface area contributed by atoms with Gasteiger partial charge in [-0.1, -0.05) is 62.1 Å². The van der Waals surface area contributed by atoms with Gasteiger partial charge < -0.3 is 12.8 Å². The van der Waals surface area contributed by atoms with E-state index in [1.54, 1.807) is 62.8 Å². The van der Waals surface area contributed by atoms with Crippen molar-refractivity contribution >= 4 is 64.7 Å². The van der Waals surface area contributed by atoms with Crippen LogP contribution in [0.15, 0.2) is 68.3 Å². The minimum absolute atomic E-state index is 0. The zero-order valence-electron chi connectivity index (χ0n) is 31.5. The fraction of sp³-hybridized carbons (Fsp3) is 0.0952. The van der Waals surface area contributed by atoms with E-state index in [1.165, 1.54) is 9.36 Å². The van der Waals surface area contributed by atoms with E-state index in [9.17, 15) is 9.59 Å². The van der Waals surface area contributed by atoms with Crippen LogP contribution in [-0.2, 0) is 84.6 Å². The van der Waals surface area contributed by atoms with Gasteiger partial charge in [0.05, 0.1) is 10.8 Å². The second-order valence-corrected chi connectivity index (χ2v) is 11.3. The van der Waals surface area contributed by atoms with Gasteiger partial charge in [-0.05, 0) is 88.8 Å². The van der Waals surface area contributed by atoms with E-state index in [-0.39, 0.29) is 45.3 Å². The van der Waals surface area contributed by atoms with Crippen molar-refractivity contribution in [3.8, 4) is 0 Å². The van der Waals surface area contributed by atoms with Gasteiger partial charge in [0.25, 0.3) is 11.1 Å². The summed E-state index contributed by atoms with van der Waals surface area (Å²) in [6.45, 7) is 0. The van der Waals surface area contributed by atoms with Gasteiger partial charge in [-0.2, -0.15) is 22.0 Å². The van der Waals surface area contributed by atoms with Crippen LogP contribution in [0.25, 0.3) is 21.5 Å². The number of hydrogen-bond acceptors (Lipinski definition) is 8. The molecule has 4 aliphatic rings. The number of anilines is 2. The van der Waals surface area contributed by atoms with Crippen molar-refractivity contribution < 1.29 is 70.5 Å². The molecule has 4 aromatic rings. The Balaban J connectivity index is 0.000000426. The van der Waals surface area contributed by atoms with E-state index in [0.717, 1.165) is 22.6 Å². The predicted octanol–water partition coefficient (Wildman–Crippen LogP) is 6.69. The molecule has 4 saturated carbocycles. The van der Waals surface area contributed by atoms with Crippen molar-refractivity contribution in [1.29, 1.82) is 0 Å². The topological polar surface area (TPSA) is 101 Å². The second kappa shape index (κ2) is 31.5. The Morgan fingerprint density at radius 3 is 1.12 bits per heavy atom. The molecule has 0 aliphatic heterocycles. The molecule has 8 rings (SSSR count). The smallest absolute Gasteiger partial charge is 2.00 e. The summed E-state index contributed by atoms with van der Waals surface area (Å²) in [5, 5.41) is 23.5. The van der Waals surface area contributed by atoms with Crippen molar-refractivity contribution in [2.45, 2.75) is 0 Å². The Morgan fingerprint density at radius 1 is 0.552 bits per heavy atom. The predicted molar refractivity (Wildman–Crippen MR) is 221 cm³/mol. The number of aryl methyl sites for hydroxylation is 2. The Morgan fingerprint density at radius 2 is 0.845 bits per heavy atom. The standard InChI is InChI=1S/2C16H14N4O.2C5H5.2ClH.2Fe.2Pd/c2*1-19(17-11-12-7-3-4-8-12)15-13-9-5-6-10-14(13)16(21)20(2)18-15;2*1-2-4-5-3-1;;;;;;/h2*3-7,9-11H,1-2H3;2*1-5H;2*1H;;;;/q2*-1;;;;;4*+2/p-2/b2*17-11+;;;;;;;;. The third-order valence-electron chi connectivity index (χ3n) is 7.58. The number of fused-ring (bicyclic) bond motifs is 2. The summed E-state index contributed by atoms with van der Waals surface area (Å²) >= 11 is 4.44. The van der Waals surface area contributed by atoms with E-state index in [1.807, 2.05) is 139 Å². The third kappa shape index (κ3) is 17.5. The third-order valence-corrected chi connectivity index (χ3v) is 7.58. The van der Waals surface area contributed by atoms with Crippen LogP contribution in [0.1, 0.15) is 0 Å². The van der Waals surface area contributed by atoms with Crippen LogP contribution in [-0.4, -0.2) is 46.1 Å². The van der Waals surface area contributed by atoms with Crippen LogP contribution < -0.4 is 21.1 Å². The maximum Gasteiger partial charge on any atom is 2.00 e. The van der Waals surface area contributed by atoms with Crippen LogP contribution in [0.3, 0.4) is 0 Å². The molecular formula is C42H38Cl2Fe2N8O2Pd2+4. The first kappa shape index (κ1) is 54.6. The summed E-state index contributed by atoms with van der Waals surface area (Å²) in [6.07, 6.45) is 40.8. The van der Waals surface area contributed by atoms with Gasteiger partial charge in [0.1, 0.15) is 0 Å². The Labute approximate surface area is 396 Å². The van der Waals surface area contributed by atoms with Gasteiger partial charge in [0, 0.05) is 39.0 Å². The summed E-state index contributed by atoms with van der Waals surface area (Å²) in [4.78, 5) is 24.2. The molecular weight excluding hydrogens is 1040 g/mol. The van der Waals surface area contributed by atoms with Crippen LogP contribution in [0.5, 0.6) is 0 Å². The zero-order chi connectivity index (χ0) is 40.7. The van der Waals surface area contributed by atoms with Crippen LogP contribution in [0.2, 0.25) is 0 Å². The molecule has 2 aromatic carbocycles. The molecule has 16 heteroatoms. The molecule has 0 amide bonds. The molecule has 0 bridgehead atoms. The Kier molecular flexibility index (Phi) is 29.6. The van der Waals surface area contributed by atoms with E-state index in [4.69, 9.17) is 0 Å². The molecule has 0 spiro atoms. The van der Waals surface area contributed by atoms with E-state index < -0.39 is 0 Å². The van der Waals surface area contributed by atoms with Gasteiger partial charge in [-0.15, -0.1) is 10.2 Å². The molecule has 2 aromatic heterocycles. The van der Waals surface area contributed by atoms with Gasteiger partial charge in [-0.25, -0.2) is 32.2 Å². The summed E-state index contributed by atoms with van der Waals surface area (Å²) in [5.74, 6) is 3.07. The minimum Gasteiger partial charge on any atom is 2.00 e. The van der Waals surface area contributed by atoms with Crippen molar-refractivity contribution in [2.75, 3.05) is 24.1 Å². The molecule has 2 heterocycles. The second-order valence-electron chi connectivity index (χ2n) is 11.3.